The van der Waals surface area contributed by atoms with Gasteiger partial charge in [-0.15, -0.1) is 0 Å². The summed E-state index contributed by atoms with van der Waals surface area (Å²) in [5.41, 5.74) is -1.10. The van der Waals surface area contributed by atoms with Gasteiger partial charge in [-0.25, -0.2) is 4.79 Å². The molecule has 0 radical (unpaired) electrons. The molecule has 0 spiro atoms. The number of nitrogens with zero attached hydrogens (tertiary/aromatic N) is 2. The number of piperidine rings is 1. The molecule has 7 heteroatoms. The Morgan fingerprint density at radius 1 is 1.15 bits per heavy atom. The Morgan fingerprint density at radius 2 is 1.81 bits per heavy atom. The third-order valence-electron chi connectivity index (χ3n) is 5.67. The standard InChI is InChI=1S/C20H26N2O5/c1-20(19(25)26)10-5-11-22(20)18(24)15-8-12-21(13-9-15)17(23)14-27-16-6-3-2-4-7-16/h2-4,6-7,15H,5,8-14H2,1H3,(H,25,26). The van der Waals surface area contributed by atoms with E-state index in [4.69, 9.17) is 4.74 Å². The second kappa shape index (κ2) is 7.98. The summed E-state index contributed by atoms with van der Waals surface area (Å²) in [6.45, 7) is 3.08. The van der Waals surface area contributed by atoms with E-state index >= 15 is 0 Å². The van der Waals surface area contributed by atoms with E-state index in [1.165, 1.54) is 4.90 Å². The number of carboxylic acid groups (broad SMARTS) is 1. The fraction of sp³-hybridized carbons (Fsp3) is 0.550. The van der Waals surface area contributed by atoms with Crippen molar-refractivity contribution in [2.24, 2.45) is 5.92 Å². The Morgan fingerprint density at radius 3 is 2.44 bits per heavy atom. The molecular formula is C20H26N2O5. The van der Waals surface area contributed by atoms with Crippen molar-refractivity contribution in [2.75, 3.05) is 26.2 Å². The molecule has 1 atom stereocenters. The number of rotatable bonds is 5. The maximum absolute atomic E-state index is 12.8. The zero-order valence-electron chi connectivity index (χ0n) is 15.6. The van der Waals surface area contributed by atoms with E-state index in [2.05, 4.69) is 0 Å². The van der Waals surface area contributed by atoms with Gasteiger partial charge in [0, 0.05) is 25.6 Å². The molecule has 0 aromatic heterocycles. The highest BCUT2D eigenvalue weighted by molar-refractivity contribution is 5.88. The predicted molar refractivity (Wildman–Crippen MR) is 98.2 cm³/mol. The molecule has 27 heavy (non-hydrogen) atoms. The number of hydrogen-bond donors (Lipinski definition) is 1. The van der Waals surface area contributed by atoms with Crippen molar-refractivity contribution < 1.29 is 24.2 Å². The lowest BCUT2D eigenvalue weighted by molar-refractivity contribution is -0.157. The molecule has 2 aliphatic rings. The predicted octanol–water partition coefficient (Wildman–Crippen LogP) is 1.77. The number of para-hydroxylation sites is 1. The molecule has 2 amide bonds. The van der Waals surface area contributed by atoms with Crippen molar-refractivity contribution in [3.05, 3.63) is 30.3 Å². The Kier molecular flexibility index (Phi) is 5.68. The number of carbonyl (C=O) groups is 3. The summed E-state index contributed by atoms with van der Waals surface area (Å²) in [6.07, 6.45) is 2.31. The first-order chi connectivity index (χ1) is 12.9. The van der Waals surface area contributed by atoms with Gasteiger partial charge in [-0.2, -0.15) is 0 Å². The molecular weight excluding hydrogens is 348 g/mol. The maximum Gasteiger partial charge on any atom is 0.329 e. The van der Waals surface area contributed by atoms with Crippen LogP contribution >= 0.6 is 0 Å². The van der Waals surface area contributed by atoms with Crippen molar-refractivity contribution in [3.8, 4) is 5.75 Å². The number of hydrogen-bond acceptors (Lipinski definition) is 4. The highest BCUT2D eigenvalue weighted by Gasteiger charge is 2.47. The fourth-order valence-electron chi connectivity index (χ4n) is 3.89. The molecule has 2 fully saturated rings. The number of carboxylic acids is 1. The van der Waals surface area contributed by atoms with Gasteiger partial charge >= 0.3 is 5.97 Å². The van der Waals surface area contributed by atoms with Crippen LogP contribution in [0.4, 0.5) is 0 Å². The summed E-state index contributed by atoms with van der Waals surface area (Å²) >= 11 is 0. The van der Waals surface area contributed by atoms with Crippen LogP contribution in [-0.4, -0.2) is 64.5 Å². The summed E-state index contributed by atoms with van der Waals surface area (Å²) in [6, 6.07) is 9.17. The van der Waals surface area contributed by atoms with Crippen LogP contribution in [0.1, 0.15) is 32.6 Å². The molecule has 7 nitrogen and oxygen atoms in total. The van der Waals surface area contributed by atoms with Crippen LogP contribution in [-0.2, 0) is 14.4 Å². The summed E-state index contributed by atoms with van der Waals surface area (Å²) in [4.78, 5) is 40.0. The number of aliphatic carboxylic acids is 1. The van der Waals surface area contributed by atoms with Crippen LogP contribution in [0.2, 0.25) is 0 Å². The molecule has 2 aliphatic heterocycles. The van der Waals surface area contributed by atoms with E-state index in [9.17, 15) is 19.5 Å². The number of ether oxygens (including phenoxy) is 1. The third-order valence-corrected chi connectivity index (χ3v) is 5.67. The van der Waals surface area contributed by atoms with Crippen LogP contribution in [0.15, 0.2) is 30.3 Å². The number of amides is 2. The molecule has 1 aromatic carbocycles. The van der Waals surface area contributed by atoms with Gasteiger partial charge in [-0.3, -0.25) is 9.59 Å². The van der Waals surface area contributed by atoms with Gasteiger partial charge in [0.1, 0.15) is 11.3 Å². The van der Waals surface area contributed by atoms with E-state index < -0.39 is 11.5 Å². The molecule has 2 saturated heterocycles. The number of carbonyl (C=O) groups excluding carboxylic acids is 2. The van der Waals surface area contributed by atoms with Crippen molar-refractivity contribution in [1.29, 1.82) is 0 Å². The molecule has 0 bridgehead atoms. The monoisotopic (exact) mass is 374 g/mol. The summed E-state index contributed by atoms with van der Waals surface area (Å²) in [5.74, 6) is -0.705. The van der Waals surface area contributed by atoms with Gasteiger partial charge in [0.05, 0.1) is 0 Å². The zero-order valence-corrected chi connectivity index (χ0v) is 15.6. The molecule has 2 heterocycles. The maximum atomic E-state index is 12.8. The van der Waals surface area contributed by atoms with Crippen LogP contribution in [0.25, 0.3) is 0 Å². The van der Waals surface area contributed by atoms with Gasteiger partial charge in [-0.1, -0.05) is 18.2 Å². The fourth-order valence-corrected chi connectivity index (χ4v) is 3.89. The lowest BCUT2D eigenvalue weighted by Gasteiger charge is -2.37. The molecule has 1 unspecified atom stereocenters. The third kappa shape index (κ3) is 4.07. The van der Waals surface area contributed by atoms with E-state index in [-0.39, 0.29) is 24.3 Å². The highest BCUT2D eigenvalue weighted by atomic mass is 16.5. The lowest BCUT2D eigenvalue weighted by Crippen LogP contribution is -2.54. The second-order valence-corrected chi connectivity index (χ2v) is 7.43. The minimum Gasteiger partial charge on any atom is -0.484 e. The number of likely N-dealkylation sites (tertiary alicyclic amines) is 2. The molecule has 0 aliphatic carbocycles. The van der Waals surface area contributed by atoms with Gasteiger partial charge in [0.25, 0.3) is 5.91 Å². The van der Waals surface area contributed by atoms with Crippen LogP contribution < -0.4 is 4.74 Å². The van der Waals surface area contributed by atoms with Crippen molar-refractivity contribution in [2.45, 2.75) is 38.1 Å². The highest BCUT2D eigenvalue weighted by Crippen LogP contribution is 2.32. The summed E-state index contributed by atoms with van der Waals surface area (Å²) in [7, 11) is 0. The molecule has 1 aromatic rings. The topological polar surface area (TPSA) is 87.2 Å². The minimum absolute atomic E-state index is 0.0220. The van der Waals surface area contributed by atoms with Crippen LogP contribution in [0, 0.1) is 5.92 Å². The minimum atomic E-state index is -1.10. The van der Waals surface area contributed by atoms with E-state index in [1.807, 2.05) is 18.2 Å². The van der Waals surface area contributed by atoms with Crippen molar-refractivity contribution in [1.82, 2.24) is 9.80 Å². The van der Waals surface area contributed by atoms with Gasteiger partial charge in [-0.05, 0) is 44.7 Å². The molecule has 0 saturated carbocycles. The SMILES string of the molecule is CC1(C(=O)O)CCCN1C(=O)C1CCN(C(=O)COc2ccccc2)CC1. The zero-order chi connectivity index (χ0) is 19.4. The Bertz CT molecular complexity index is 700. The first-order valence-corrected chi connectivity index (χ1v) is 9.42. The first-order valence-electron chi connectivity index (χ1n) is 9.42. The van der Waals surface area contributed by atoms with Gasteiger partial charge in [0.2, 0.25) is 5.91 Å². The Balaban J connectivity index is 1.50. The Labute approximate surface area is 158 Å². The molecule has 146 valence electrons. The normalized spacial score (nSPS) is 23.3. The molecule has 1 N–H and O–H groups in total. The van der Waals surface area contributed by atoms with Crippen LogP contribution in [0.5, 0.6) is 5.75 Å². The Hall–Kier alpha value is -2.57. The van der Waals surface area contributed by atoms with Crippen LogP contribution in [0.3, 0.4) is 0 Å². The van der Waals surface area contributed by atoms with Crippen molar-refractivity contribution >= 4 is 17.8 Å². The number of benzene rings is 1. The largest absolute Gasteiger partial charge is 0.484 e. The van der Waals surface area contributed by atoms with Gasteiger partial charge in [0.15, 0.2) is 6.61 Å². The summed E-state index contributed by atoms with van der Waals surface area (Å²) < 4.78 is 5.50. The van der Waals surface area contributed by atoms with Gasteiger partial charge < -0.3 is 19.6 Å². The van der Waals surface area contributed by atoms with E-state index in [1.54, 1.807) is 24.0 Å². The average molecular weight is 374 g/mol. The second-order valence-electron chi connectivity index (χ2n) is 7.43. The molecule has 3 rings (SSSR count). The van der Waals surface area contributed by atoms with E-state index in [0.29, 0.717) is 51.1 Å². The average Bonchev–Trinajstić information content (AvgIpc) is 3.09. The smallest absolute Gasteiger partial charge is 0.329 e. The lowest BCUT2D eigenvalue weighted by atomic mass is 9.92. The first kappa shape index (κ1) is 19.2. The van der Waals surface area contributed by atoms with E-state index in [0.717, 1.165) is 0 Å². The summed E-state index contributed by atoms with van der Waals surface area (Å²) in [5, 5.41) is 9.50. The van der Waals surface area contributed by atoms with Crippen molar-refractivity contribution in [3.63, 3.8) is 0 Å². The quantitative estimate of drug-likeness (QED) is 0.849.